The Balaban J connectivity index is 1.69. The van der Waals surface area contributed by atoms with E-state index in [1.807, 2.05) is 95.0 Å². The maximum atomic E-state index is 15.1. The van der Waals surface area contributed by atoms with E-state index in [2.05, 4.69) is 4.90 Å². The summed E-state index contributed by atoms with van der Waals surface area (Å²) in [4.78, 5) is 49.9. The van der Waals surface area contributed by atoms with Gasteiger partial charge < -0.3 is 14.5 Å². The van der Waals surface area contributed by atoms with Gasteiger partial charge in [0, 0.05) is 61.9 Å². The Morgan fingerprint density at radius 1 is 0.917 bits per heavy atom. The van der Waals surface area contributed by atoms with Crippen LogP contribution in [0.1, 0.15) is 64.1 Å². The highest BCUT2D eigenvalue weighted by Gasteiger charge is 2.60. The second-order valence-electron chi connectivity index (χ2n) is 13.9. The fraction of sp³-hybridized carbons (Fsp3) is 0.472. The quantitative estimate of drug-likeness (QED) is 0.293. The molecule has 10 nitrogen and oxygen atoms in total. The van der Waals surface area contributed by atoms with Crippen molar-refractivity contribution in [2.45, 2.75) is 58.0 Å². The van der Waals surface area contributed by atoms with Gasteiger partial charge in [-0.05, 0) is 56.2 Å². The number of likely N-dealkylation sites (N-methyl/N-ethyl adjacent to an activating group) is 1. The first-order valence-corrected chi connectivity index (χ1v) is 17.0. The second kappa shape index (κ2) is 13.6. The zero-order valence-electron chi connectivity index (χ0n) is 29.0. The van der Waals surface area contributed by atoms with Crippen molar-refractivity contribution < 1.29 is 14.3 Å². The van der Waals surface area contributed by atoms with Gasteiger partial charge in [0.05, 0.1) is 18.7 Å². The van der Waals surface area contributed by atoms with Gasteiger partial charge in [-0.2, -0.15) is 4.98 Å². The minimum absolute atomic E-state index is 0.0277. The first-order chi connectivity index (χ1) is 22.6. The van der Waals surface area contributed by atoms with E-state index in [0.29, 0.717) is 72.5 Å². The summed E-state index contributed by atoms with van der Waals surface area (Å²) < 4.78 is 6.15. The van der Waals surface area contributed by atoms with Gasteiger partial charge in [-0.3, -0.25) is 19.6 Å². The van der Waals surface area contributed by atoms with Gasteiger partial charge >= 0.3 is 6.03 Å². The van der Waals surface area contributed by atoms with Gasteiger partial charge in [0.1, 0.15) is 22.7 Å². The average molecular weight is 695 g/mol. The lowest BCUT2D eigenvalue weighted by Crippen LogP contribution is -2.61. The van der Waals surface area contributed by atoms with Crippen molar-refractivity contribution in [2.75, 3.05) is 53.4 Å². The third-order valence-corrected chi connectivity index (χ3v) is 9.89. The molecule has 5 rings (SSSR count). The monoisotopic (exact) mass is 693 g/mol. The summed E-state index contributed by atoms with van der Waals surface area (Å²) in [5.74, 6) is 1.42. The highest BCUT2D eigenvalue weighted by Crippen LogP contribution is 2.54. The molecule has 1 fully saturated rings. The molecule has 0 N–H and O–H groups in total. The van der Waals surface area contributed by atoms with E-state index in [4.69, 9.17) is 42.9 Å². The van der Waals surface area contributed by atoms with Crippen molar-refractivity contribution in [3.05, 3.63) is 87.3 Å². The van der Waals surface area contributed by atoms with Crippen LogP contribution >= 0.6 is 23.2 Å². The van der Waals surface area contributed by atoms with Crippen LogP contribution < -0.4 is 4.74 Å². The molecule has 0 saturated carbocycles. The Morgan fingerprint density at radius 3 is 2.00 bits per heavy atom. The maximum absolute atomic E-state index is 15.1. The summed E-state index contributed by atoms with van der Waals surface area (Å²) in [6.45, 7) is 14.8. The topological polar surface area (TPSA) is 94.5 Å². The van der Waals surface area contributed by atoms with E-state index in [1.54, 1.807) is 30.1 Å². The Morgan fingerprint density at radius 2 is 1.48 bits per heavy atom. The third kappa shape index (κ3) is 6.62. The Kier molecular flexibility index (Phi) is 10.1. The van der Waals surface area contributed by atoms with Crippen molar-refractivity contribution in [1.29, 1.82) is 0 Å². The molecule has 12 heteroatoms. The van der Waals surface area contributed by atoms with E-state index in [1.165, 1.54) is 0 Å². The number of aromatic nitrogens is 2. The molecule has 2 atom stereocenters. The van der Waals surface area contributed by atoms with E-state index >= 15 is 4.79 Å². The number of aliphatic imine (C=N–C) groups is 1. The first-order valence-electron chi connectivity index (χ1n) is 16.2. The number of hydrogen-bond donors (Lipinski definition) is 0. The molecule has 2 aromatic carbocycles. The molecule has 1 aromatic heterocycles. The molecule has 2 aliphatic heterocycles. The number of benzene rings is 2. The number of carbonyl (C=O) groups is 2. The predicted octanol–water partition coefficient (Wildman–Crippen LogP) is 6.20. The van der Waals surface area contributed by atoms with Crippen molar-refractivity contribution in [1.82, 2.24) is 29.6 Å². The van der Waals surface area contributed by atoms with Crippen LogP contribution in [0.25, 0.3) is 0 Å². The summed E-state index contributed by atoms with van der Waals surface area (Å²) in [6.07, 6.45) is 1.72. The van der Waals surface area contributed by atoms with E-state index in [-0.39, 0.29) is 17.4 Å². The molecule has 2 aliphatic rings. The maximum Gasteiger partial charge on any atom is 0.326 e. The standard InChI is InChI=1S/C36H45Cl2N7O3/c1-9-48-31-28(22-39-32(40-31)34(2,3)4)30-41-35(5,24-10-14-26(37)15-11-24)36(6,25-12-16-27(38)17-13-25)45(30)33(47)44-20-18-43(19-21-44)23-29(46)42(7)8/h10-17,22H,9,18-21,23H2,1-8H3/t35-,36+/m0/s1. The van der Waals surface area contributed by atoms with E-state index in [9.17, 15) is 4.79 Å². The summed E-state index contributed by atoms with van der Waals surface area (Å²) in [7, 11) is 3.50. The SMILES string of the molecule is CCOc1nc(C(C)(C)C)ncc1C1=N[C@@](C)(c2ccc(Cl)cc2)[C@@](C)(c2ccc(Cl)cc2)N1C(=O)N1CCN(CC(=O)N(C)C)CC1. The lowest BCUT2D eigenvalue weighted by Gasteiger charge is -2.47. The Bertz CT molecular complexity index is 1680. The number of urea groups is 1. The number of carbonyl (C=O) groups excluding carboxylic acids is 2. The zero-order valence-corrected chi connectivity index (χ0v) is 30.6. The Labute approximate surface area is 293 Å². The van der Waals surface area contributed by atoms with Crippen LogP contribution in [-0.4, -0.2) is 101 Å². The predicted molar refractivity (Wildman–Crippen MR) is 190 cm³/mol. The molecule has 0 aliphatic carbocycles. The van der Waals surface area contributed by atoms with Crippen molar-refractivity contribution in [3.8, 4) is 5.88 Å². The van der Waals surface area contributed by atoms with Gasteiger partial charge in [-0.1, -0.05) is 68.2 Å². The Hall–Kier alpha value is -3.73. The van der Waals surface area contributed by atoms with Crippen molar-refractivity contribution in [3.63, 3.8) is 0 Å². The van der Waals surface area contributed by atoms with Crippen LogP contribution in [0.15, 0.2) is 59.7 Å². The van der Waals surface area contributed by atoms with Gasteiger partial charge in [0.25, 0.3) is 0 Å². The van der Waals surface area contributed by atoms with E-state index < -0.39 is 11.1 Å². The fourth-order valence-electron chi connectivity index (χ4n) is 6.27. The van der Waals surface area contributed by atoms with Crippen LogP contribution in [0.2, 0.25) is 10.0 Å². The minimum Gasteiger partial charge on any atom is -0.477 e. The zero-order chi connectivity index (χ0) is 35.0. The summed E-state index contributed by atoms with van der Waals surface area (Å²) in [6, 6.07) is 14.9. The molecule has 0 bridgehead atoms. The van der Waals surface area contributed by atoms with Crippen molar-refractivity contribution in [2.24, 2.45) is 4.99 Å². The number of amides is 3. The lowest BCUT2D eigenvalue weighted by atomic mass is 9.71. The van der Waals surface area contributed by atoms with Gasteiger partial charge in [-0.15, -0.1) is 0 Å². The minimum atomic E-state index is -1.05. The first kappa shape index (κ1) is 35.6. The van der Waals surface area contributed by atoms with Gasteiger partial charge in [0.15, 0.2) is 0 Å². The van der Waals surface area contributed by atoms with Gasteiger partial charge in [-0.25, -0.2) is 9.78 Å². The molecule has 3 heterocycles. The van der Waals surface area contributed by atoms with Crippen LogP contribution in [-0.2, 0) is 21.3 Å². The number of piperazine rings is 1. The molecular formula is C36H45Cl2N7O3. The number of halogens is 2. The highest BCUT2D eigenvalue weighted by atomic mass is 35.5. The van der Waals surface area contributed by atoms with Crippen molar-refractivity contribution >= 4 is 41.0 Å². The summed E-state index contributed by atoms with van der Waals surface area (Å²) in [5.41, 5.74) is -0.150. The molecular weight excluding hydrogens is 649 g/mol. The molecule has 3 amide bonds. The molecule has 3 aromatic rings. The molecule has 1 saturated heterocycles. The lowest BCUT2D eigenvalue weighted by molar-refractivity contribution is -0.130. The molecule has 0 radical (unpaired) electrons. The highest BCUT2D eigenvalue weighted by molar-refractivity contribution is 6.30. The molecule has 0 unspecified atom stereocenters. The van der Waals surface area contributed by atoms with Crippen LogP contribution in [0.5, 0.6) is 5.88 Å². The normalized spacial score (nSPS) is 21.7. The molecule has 256 valence electrons. The second-order valence-corrected chi connectivity index (χ2v) is 14.7. The summed E-state index contributed by atoms with van der Waals surface area (Å²) in [5, 5.41) is 1.18. The fourth-order valence-corrected chi connectivity index (χ4v) is 6.52. The third-order valence-electron chi connectivity index (χ3n) is 9.39. The van der Waals surface area contributed by atoms with Crippen LogP contribution in [0.4, 0.5) is 4.79 Å². The average Bonchev–Trinajstić information content (AvgIpc) is 3.29. The van der Waals surface area contributed by atoms with Crippen LogP contribution in [0, 0.1) is 0 Å². The summed E-state index contributed by atoms with van der Waals surface area (Å²) >= 11 is 12.8. The number of nitrogens with zero attached hydrogens (tertiary/aromatic N) is 7. The number of hydrogen-bond acceptors (Lipinski definition) is 7. The van der Waals surface area contributed by atoms with Crippen LogP contribution in [0.3, 0.4) is 0 Å². The molecule has 48 heavy (non-hydrogen) atoms. The van der Waals surface area contributed by atoms with Gasteiger partial charge in [0.2, 0.25) is 11.8 Å². The molecule has 0 spiro atoms. The number of amidine groups is 1. The largest absolute Gasteiger partial charge is 0.477 e. The number of ether oxygens (including phenoxy) is 1. The number of rotatable bonds is 7. The van der Waals surface area contributed by atoms with E-state index in [0.717, 1.165) is 11.1 Å². The smallest absolute Gasteiger partial charge is 0.326 e.